The van der Waals surface area contributed by atoms with Crippen LogP contribution in [0.15, 0.2) is 97.6 Å². The number of aromatic nitrogens is 12. The molecule has 2 unspecified atom stereocenters. The van der Waals surface area contributed by atoms with Crippen LogP contribution < -0.4 is 37.9 Å². The number of hydrogen-bond donors (Lipinski definition) is 0. The number of benzene rings is 4. The SMILES string of the molecule is BCc1ccc(OC(C)=O)c(OCc2cn(CCOCCOCC(COCC(COCCOCCn3cc(COc4cc(CB)ccc4OC(C)=O)nn3)OCCOCCn3cc(COc4cc(CB)ccc4OC(C)=O)nn3)OCCOCCn3cc(COc4cc(CB)ccc4OC(C)=O)nn3)nn2)c1. The lowest BCUT2D eigenvalue weighted by molar-refractivity contribution is -0.133. The van der Waals surface area contributed by atoms with Crippen molar-refractivity contribution in [1.82, 2.24) is 60.0 Å². The third-order valence-corrected chi connectivity index (χ3v) is 15.5. The third kappa shape index (κ3) is 31.0. The molecule has 8 rings (SSSR count). The first-order valence-electron chi connectivity index (χ1n) is 35.7. The van der Waals surface area contributed by atoms with Crippen molar-refractivity contribution in [2.45, 2.75) is 118 Å². The average Bonchev–Trinajstić information content (AvgIpc) is 1.54. The lowest BCUT2D eigenvalue weighted by atomic mass is 9.97. The second-order valence-corrected chi connectivity index (χ2v) is 24.1. The van der Waals surface area contributed by atoms with Gasteiger partial charge in [-0.05, 0) is 48.5 Å². The fraction of sp³-hybridized carbons (Fsp3) is 0.486. The number of nitrogens with zero attached hydrogens (tertiary/aromatic N) is 12. The molecule has 0 aliphatic rings. The van der Waals surface area contributed by atoms with Gasteiger partial charge in [0.2, 0.25) is 0 Å². The minimum atomic E-state index is -0.527. The predicted octanol–water partition coefficient (Wildman–Crippen LogP) is 1.59. The molecule has 4 aromatic heterocycles. The van der Waals surface area contributed by atoms with E-state index in [1.54, 1.807) is 67.8 Å². The third-order valence-electron chi connectivity index (χ3n) is 15.5. The molecule has 4 aromatic carbocycles. The zero-order valence-corrected chi connectivity index (χ0v) is 62.1. The Labute approximate surface area is 624 Å². The fourth-order valence-corrected chi connectivity index (χ4v) is 10.0. The maximum atomic E-state index is 11.7. The molecule has 33 nitrogen and oxygen atoms in total. The Hall–Kier alpha value is -9.58. The van der Waals surface area contributed by atoms with Gasteiger partial charge in [0, 0.05) is 27.7 Å². The second kappa shape index (κ2) is 46.5. The quantitative estimate of drug-likeness (QED) is 0.0226. The summed E-state index contributed by atoms with van der Waals surface area (Å²) in [5.74, 6) is 1.25. The monoisotopic (exact) mass is 1480 g/mol. The first-order chi connectivity index (χ1) is 52.1. The zero-order chi connectivity index (χ0) is 75.8. The summed E-state index contributed by atoms with van der Waals surface area (Å²) in [7, 11) is 8.10. The first-order valence-corrected chi connectivity index (χ1v) is 35.7. The lowest BCUT2D eigenvalue weighted by Crippen LogP contribution is -2.32. The van der Waals surface area contributed by atoms with Crippen LogP contribution in [0.3, 0.4) is 0 Å². The largest absolute Gasteiger partial charge is 0.483 e. The van der Waals surface area contributed by atoms with Gasteiger partial charge >= 0.3 is 23.9 Å². The highest BCUT2D eigenvalue weighted by Crippen LogP contribution is 2.33. The molecule has 2 atom stereocenters. The Morgan fingerprint density at radius 3 is 0.813 bits per heavy atom. The molecule has 0 saturated carbocycles. The number of carbonyl (C=O) groups is 4. The zero-order valence-electron chi connectivity index (χ0n) is 62.1. The molecule has 0 bridgehead atoms. The van der Waals surface area contributed by atoms with E-state index >= 15 is 0 Å². The van der Waals surface area contributed by atoms with E-state index in [0.717, 1.165) is 47.5 Å². The van der Waals surface area contributed by atoms with Crippen LogP contribution in [-0.2, 0) is 140 Å². The summed E-state index contributed by atoms with van der Waals surface area (Å²) in [5, 5.41) is 33.8. The summed E-state index contributed by atoms with van der Waals surface area (Å²) < 4.78 is 107. The molecule has 4 heterocycles. The second-order valence-electron chi connectivity index (χ2n) is 24.1. The predicted molar refractivity (Wildman–Crippen MR) is 393 cm³/mol. The van der Waals surface area contributed by atoms with Crippen LogP contribution in [0.1, 0.15) is 72.7 Å². The molecule has 107 heavy (non-hydrogen) atoms. The summed E-state index contributed by atoms with van der Waals surface area (Å²) >= 11 is 0. The number of carbonyl (C=O) groups excluding carboxylic acids is 4. The minimum Gasteiger partial charge on any atom is -0.483 e. The Bertz CT molecular complexity index is 3750. The van der Waals surface area contributed by atoms with Gasteiger partial charge < -0.3 is 80.5 Å². The molecule has 0 radical (unpaired) electrons. The smallest absolute Gasteiger partial charge is 0.308 e. The van der Waals surface area contributed by atoms with Gasteiger partial charge in [-0.15, -0.1) is 20.4 Å². The topological polar surface area (TPSA) is 348 Å². The standard InChI is InChI=1S/C70H94B4N12O21/c1-49(87)104-63-9-5-53(33-71)29-67(63)100-41-57-37-83(79-75-57)13-17-91-21-23-95-45-61(98-27-25-93-19-15-85-39-59(77-81-85)43-102-69-31-55(35-73)7-11-65(69)106-51(3)89)47-97-48-62(99-28-26-94-20-16-86-40-60(78-82-86)44-103-70-32-56(36-74)8-12-66(70)107-52(4)90)46-96-24-22-92-18-14-84-38-58(76-80-84)42-101-68-30-54(34-72)6-10-64(68)105-50(2)88/h5-12,29-32,37-40,61-62H,13-28,33-36,41-48,71-74H2,1-4H3. The van der Waals surface area contributed by atoms with Crippen molar-refractivity contribution < 1.29 is 99.7 Å². The maximum Gasteiger partial charge on any atom is 0.308 e. The van der Waals surface area contributed by atoms with Crippen molar-refractivity contribution in [2.24, 2.45) is 0 Å². The van der Waals surface area contributed by atoms with E-state index in [9.17, 15) is 19.2 Å². The van der Waals surface area contributed by atoms with Crippen LogP contribution in [0.5, 0.6) is 46.0 Å². The van der Waals surface area contributed by atoms with E-state index in [2.05, 4.69) is 41.2 Å². The van der Waals surface area contributed by atoms with Crippen LogP contribution in [-0.4, -0.2) is 233 Å². The molecule has 572 valence electrons. The van der Waals surface area contributed by atoms with Crippen LogP contribution in [0.25, 0.3) is 0 Å². The van der Waals surface area contributed by atoms with Gasteiger partial charge in [-0.1, -0.05) is 92.7 Å². The average molecular weight is 1480 g/mol. The van der Waals surface area contributed by atoms with Crippen molar-refractivity contribution >= 4 is 55.3 Å². The van der Waals surface area contributed by atoms with E-state index in [1.807, 2.05) is 79.9 Å². The summed E-state index contributed by atoms with van der Waals surface area (Å²) in [6.07, 6.45) is 9.11. The summed E-state index contributed by atoms with van der Waals surface area (Å²) in [6, 6.07) is 21.8. The molecule has 37 heteroatoms. The van der Waals surface area contributed by atoms with Crippen molar-refractivity contribution in [3.63, 3.8) is 0 Å². The normalized spacial score (nSPS) is 11.9. The summed E-state index contributed by atoms with van der Waals surface area (Å²) in [6.45, 7) is 11.3. The highest BCUT2D eigenvalue weighted by Gasteiger charge is 2.19. The molecular weight excluding hydrogens is 1390 g/mol. The van der Waals surface area contributed by atoms with Crippen molar-refractivity contribution in [3.8, 4) is 46.0 Å². The van der Waals surface area contributed by atoms with E-state index in [0.29, 0.717) is 121 Å². The van der Waals surface area contributed by atoms with Gasteiger partial charge in [0.1, 0.15) is 92.8 Å². The molecular formula is C70H94B4N12O21. The molecule has 0 saturated heterocycles. The lowest BCUT2D eigenvalue weighted by Gasteiger charge is -2.22. The van der Waals surface area contributed by atoms with Crippen LogP contribution in [0.4, 0.5) is 0 Å². The maximum absolute atomic E-state index is 11.7. The van der Waals surface area contributed by atoms with E-state index < -0.39 is 36.1 Å². The fourth-order valence-electron chi connectivity index (χ4n) is 10.0. The molecule has 0 aliphatic heterocycles. The van der Waals surface area contributed by atoms with Crippen LogP contribution >= 0.6 is 0 Å². The highest BCUT2D eigenvalue weighted by molar-refractivity contribution is 6.09. The van der Waals surface area contributed by atoms with Gasteiger partial charge in [0.15, 0.2) is 46.0 Å². The van der Waals surface area contributed by atoms with Crippen molar-refractivity contribution in [1.29, 1.82) is 0 Å². The van der Waals surface area contributed by atoms with Crippen molar-refractivity contribution in [3.05, 3.63) is 143 Å². The molecule has 0 N–H and O–H groups in total. The van der Waals surface area contributed by atoms with Crippen LogP contribution in [0.2, 0.25) is 0 Å². The van der Waals surface area contributed by atoms with Gasteiger partial charge in [0.05, 0.1) is 157 Å². The molecule has 0 amide bonds. The number of esters is 4. The van der Waals surface area contributed by atoms with Gasteiger partial charge in [-0.25, -0.2) is 18.7 Å². The molecule has 0 fully saturated rings. The van der Waals surface area contributed by atoms with Gasteiger partial charge in [-0.3, -0.25) is 19.2 Å². The molecule has 0 aliphatic carbocycles. The van der Waals surface area contributed by atoms with E-state index in [1.165, 1.54) is 27.7 Å². The van der Waals surface area contributed by atoms with Gasteiger partial charge in [0.25, 0.3) is 0 Å². The number of rotatable bonds is 54. The summed E-state index contributed by atoms with van der Waals surface area (Å²) in [5.41, 5.74) is 6.42. The number of hydrogen-bond acceptors (Lipinski definition) is 29. The molecule has 8 aromatic rings. The Morgan fingerprint density at radius 1 is 0.318 bits per heavy atom. The molecule has 0 spiro atoms. The van der Waals surface area contributed by atoms with E-state index in [-0.39, 0.29) is 106 Å². The van der Waals surface area contributed by atoms with Crippen molar-refractivity contribution in [2.75, 3.05) is 106 Å². The van der Waals surface area contributed by atoms with Crippen LogP contribution in [0, 0.1) is 0 Å². The van der Waals surface area contributed by atoms with E-state index in [4.69, 9.17) is 80.5 Å². The number of ether oxygens (including phenoxy) is 17. The highest BCUT2D eigenvalue weighted by atomic mass is 16.6. The Kier molecular flexibility index (Phi) is 36.1. The Morgan fingerprint density at radius 2 is 0.561 bits per heavy atom. The first kappa shape index (κ1) is 83.1. The van der Waals surface area contributed by atoms with Gasteiger partial charge in [-0.2, -0.15) is 0 Å². The summed E-state index contributed by atoms with van der Waals surface area (Å²) in [4.78, 5) is 46.9. The Balaban J connectivity index is 0.809. The minimum absolute atomic E-state index is 0.106.